The zero-order valence-electron chi connectivity index (χ0n) is 18.3. The van der Waals surface area contributed by atoms with Crippen LogP contribution in [0.4, 0.5) is 6.01 Å². The number of hydrogen-bond acceptors (Lipinski definition) is 7. The third kappa shape index (κ3) is 4.77. The lowest BCUT2D eigenvalue weighted by Gasteiger charge is -2.37. The molecule has 0 radical (unpaired) electrons. The van der Waals surface area contributed by atoms with Crippen LogP contribution in [0.2, 0.25) is 0 Å². The fourth-order valence-corrected chi connectivity index (χ4v) is 3.63. The van der Waals surface area contributed by atoms with Crippen LogP contribution in [0.3, 0.4) is 0 Å². The van der Waals surface area contributed by atoms with Gasteiger partial charge in [0, 0.05) is 6.07 Å². The first-order valence-electron chi connectivity index (χ1n) is 10.9. The summed E-state index contributed by atoms with van der Waals surface area (Å²) in [5.41, 5.74) is 2.83. The first-order chi connectivity index (χ1) is 16.2. The summed E-state index contributed by atoms with van der Waals surface area (Å²) >= 11 is 0. The second kappa shape index (κ2) is 9.24. The number of carbonyl (C=O) groups is 1. The molecule has 33 heavy (non-hydrogen) atoms. The Kier molecular flexibility index (Phi) is 5.85. The molecule has 0 amide bonds. The molecule has 0 bridgehead atoms. The molecule has 1 aromatic heterocycles. The van der Waals surface area contributed by atoms with Gasteiger partial charge in [0.1, 0.15) is 29.7 Å². The minimum absolute atomic E-state index is 0.0273. The lowest BCUT2D eigenvalue weighted by Crippen LogP contribution is -2.54. The van der Waals surface area contributed by atoms with Gasteiger partial charge in [-0.3, -0.25) is 0 Å². The average molecular weight is 444 g/mol. The maximum absolute atomic E-state index is 11.9. The van der Waals surface area contributed by atoms with Gasteiger partial charge in [0.05, 0.1) is 25.3 Å². The molecule has 1 aliphatic rings. The second-order valence-corrected chi connectivity index (χ2v) is 7.79. The van der Waals surface area contributed by atoms with Crippen LogP contribution >= 0.6 is 0 Å². The van der Waals surface area contributed by atoms with E-state index in [9.17, 15) is 4.79 Å². The molecular weight excluding hydrogens is 420 g/mol. The highest BCUT2D eigenvalue weighted by atomic mass is 16.5. The maximum atomic E-state index is 11.9. The normalized spacial score (nSPS) is 13.5. The van der Waals surface area contributed by atoms with Gasteiger partial charge < -0.3 is 23.5 Å². The average Bonchev–Trinajstić information content (AvgIpc) is 3.23. The zero-order chi connectivity index (χ0) is 22.6. The van der Waals surface area contributed by atoms with Crippen molar-refractivity contribution < 1.29 is 23.4 Å². The summed E-state index contributed by atoms with van der Waals surface area (Å²) in [5.74, 6) is 1.16. The van der Waals surface area contributed by atoms with E-state index in [1.165, 1.54) is 0 Å². The highest BCUT2D eigenvalue weighted by Crippen LogP contribution is 2.29. The molecule has 0 saturated carbocycles. The SMILES string of the molecule is CCOC(=O)c1ccc2nc(N3CC(Oc4cccc(OCc5ccccc5)c4)C3)oc2c1. The van der Waals surface area contributed by atoms with Crippen LogP contribution in [-0.4, -0.2) is 36.8 Å². The van der Waals surface area contributed by atoms with Crippen molar-refractivity contribution >= 4 is 23.1 Å². The predicted octanol–water partition coefficient (Wildman–Crippen LogP) is 4.85. The molecule has 0 N–H and O–H groups in total. The summed E-state index contributed by atoms with van der Waals surface area (Å²) in [7, 11) is 0. The summed E-state index contributed by atoms with van der Waals surface area (Å²) in [6.07, 6.45) is 0.0273. The number of carbonyl (C=O) groups excluding carboxylic acids is 1. The van der Waals surface area contributed by atoms with Gasteiger partial charge in [0.15, 0.2) is 5.58 Å². The third-order valence-corrected chi connectivity index (χ3v) is 5.36. The first kappa shape index (κ1) is 20.9. The van der Waals surface area contributed by atoms with E-state index < -0.39 is 0 Å². The number of ether oxygens (including phenoxy) is 3. The first-order valence-corrected chi connectivity index (χ1v) is 10.9. The Hall–Kier alpha value is -4.00. The van der Waals surface area contributed by atoms with E-state index >= 15 is 0 Å². The van der Waals surface area contributed by atoms with Crippen LogP contribution in [0, 0.1) is 0 Å². The van der Waals surface area contributed by atoms with E-state index in [-0.39, 0.29) is 12.1 Å². The molecule has 0 aliphatic carbocycles. The molecule has 1 aliphatic heterocycles. The minimum Gasteiger partial charge on any atom is -0.489 e. The van der Waals surface area contributed by atoms with E-state index in [0.29, 0.717) is 49.0 Å². The van der Waals surface area contributed by atoms with E-state index in [1.807, 2.05) is 59.5 Å². The Morgan fingerprint density at radius 3 is 2.67 bits per heavy atom. The maximum Gasteiger partial charge on any atom is 0.338 e. The van der Waals surface area contributed by atoms with Crippen molar-refractivity contribution in [2.75, 3.05) is 24.6 Å². The van der Waals surface area contributed by atoms with Crippen molar-refractivity contribution in [2.24, 2.45) is 0 Å². The van der Waals surface area contributed by atoms with E-state index in [0.717, 1.165) is 17.1 Å². The van der Waals surface area contributed by atoms with Crippen LogP contribution in [-0.2, 0) is 11.3 Å². The fourth-order valence-electron chi connectivity index (χ4n) is 3.63. The number of anilines is 1. The Morgan fingerprint density at radius 1 is 1.03 bits per heavy atom. The van der Waals surface area contributed by atoms with Crippen molar-refractivity contribution in [3.63, 3.8) is 0 Å². The van der Waals surface area contributed by atoms with Crippen LogP contribution in [0.1, 0.15) is 22.8 Å². The van der Waals surface area contributed by atoms with Crippen molar-refractivity contribution in [1.29, 1.82) is 0 Å². The molecule has 1 fully saturated rings. The number of benzene rings is 3. The molecule has 7 heteroatoms. The van der Waals surface area contributed by atoms with E-state index in [1.54, 1.807) is 25.1 Å². The Morgan fingerprint density at radius 2 is 1.85 bits per heavy atom. The molecule has 1 saturated heterocycles. The second-order valence-electron chi connectivity index (χ2n) is 7.79. The fraction of sp³-hybridized carbons (Fsp3) is 0.231. The minimum atomic E-state index is -0.371. The third-order valence-electron chi connectivity index (χ3n) is 5.36. The Bertz CT molecular complexity index is 1250. The van der Waals surface area contributed by atoms with Gasteiger partial charge >= 0.3 is 5.97 Å². The number of esters is 1. The summed E-state index contributed by atoms with van der Waals surface area (Å²) in [5, 5.41) is 0. The summed E-state index contributed by atoms with van der Waals surface area (Å²) in [6.45, 7) is 3.94. The zero-order valence-corrected chi connectivity index (χ0v) is 18.3. The summed E-state index contributed by atoms with van der Waals surface area (Å²) in [4.78, 5) is 18.5. The molecule has 4 aromatic rings. The van der Waals surface area contributed by atoms with Gasteiger partial charge in [-0.15, -0.1) is 0 Å². The molecule has 0 unspecified atom stereocenters. The quantitative estimate of drug-likeness (QED) is 0.360. The topological polar surface area (TPSA) is 74.0 Å². The molecular formula is C26H24N2O5. The van der Waals surface area contributed by atoms with Crippen LogP contribution < -0.4 is 14.4 Å². The number of aromatic nitrogens is 1. The van der Waals surface area contributed by atoms with Gasteiger partial charge in [0.2, 0.25) is 0 Å². The highest BCUT2D eigenvalue weighted by molar-refractivity contribution is 5.93. The largest absolute Gasteiger partial charge is 0.489 e. The van der Waals surface area contributed by atoms with Crippen LogP contribution in [0.15, 0.2) is 77.2 Å². The predicted molar refractivity (Wildman–Crippen MR) is 124 cm³/mol. The smallest absolute Gasteiger partial charge is 0.338 e. The molecule has 0 spiro atoms. The number of hydrogen-bond donors (Lipinski definition) is 0. The van der Waals surface area contributed by atoms with Crippen molar-refractivity contribution in [1.82, 2.24) is 4.98 Å². The van der Waals surface area contributed by atoms with Crippen molar-refractivity contribution in [2.45, 2.75) is 19.6 Å². The molecule has 7 nitrogen and oxygen atoms in total. The van der Waals surface area contributed by atoms with Gasteiger partial charge in [0.25, 0.3) is 6.01 Å². The number of oxazole rings is 1. The number of rotatable bonds is 8. The highest BCUT2D eigenvalue weighted by Gasteiger charge is 2.32. The Balaban J connectivity index is 1.17. The van der Waals surface area contributed by atoms with Crippen LogP contribution in [0.5, 0.6) is 11.5 Å². The van der Waals surface area contributed by atoms with Crippen molar-refractivity contribution in [3.8, 4) is 11.5 Å². The number of nitrogens with zero attached hydrogens (tertiary/aromatic N) is 2. The lowest BCUT2D eigenvalue weighted by molar-refractivity contribution is 0.0526. The van der Waals surface area contributed by atoms with Gasteiger partial charge in [-0.25, -0.2) is 4.79 Å². The van der Waals surface area contributed by atoms with Crippen LogP contribution in [0.25, 0.3) is 11.1 Å². The number of fused-ring (bicyclic) bond motifs is 1. The van der Waals surface area contributed by atoms with Gasteiger partial charge in [-0.2, -0.15) is 4.98 Å². The molecule has 3 aromatic carbocycles. The van der Waals surface area contributed by atoms with E-state index in [4.69, 9.17) is 18.6 Å². The van der Waals surface area contributed by atoms with Crippen molar-refractivity contribution in [3.05, 3.63) is 83.9 Å². The standard InChI is InChI=1S/C26H24N2O5/c1-2-30-25(29)19-11-12-23-24(13-19)33-26(27-23)28-15-22(16-28)32-21-10-6-9-20(14-21)31-17-18-7-4-3-5-8-18/h3-14,22H,2,15-17H2,1H3. The molecule has 5 rings (SSSR count). The monoisotopic (exact) mass is 444 g/mol. The van der Waals surface area contributed by atoms with Gasteiger partial charge in [-0.1, -0.05) is 36.4 Å². The summed E-state index contributed by atoms with van der Waals surface area (Å²) in [6, 6.07) is 23.4. The molecule has 2 heterocycles. The summed E-state index contributed by atoms with van der Waals surface area (Å²) < 4.78 is 22.9. The Labute approximate surface area is 191 Å². The lowest BCUT2D eigenvalue weighted by atomic mass is 10.2. The van der Waals surface area contributed by atoms with Gasteiger partial charge in [-0.05, 0) is 42.8 Å². The molecule has 168 valence electrons. The van der Waals surface area contributed by atoms with E-state index in [2.05, 4.69) is 4.98 Å². The molecule has 0 atom stereocenters.